The number of carbonyl (C=O) groups is 1. The number of anilines is 1. The minimum atomic E-state index is -0.163. The molecule has 2 rings (SSSR count). The van der Waals surface area contributed by atoms with E-state index in [2.05, 4.69) is 25.7 Å². The van der Waals surface area contributed by atoms with E-state index < -0.39 is 0 Å². The number of nitrogens with one attached hydrogen (secondary N) is 2. The van der Waals surface area contributed by atoms with Gasteiger partial charge in [0.1, 0.15) is 5.82 Å². The number of nitrogens with zero attached hydrogens (tertiary/aromatic N) is 4. The summed E-state index contributed by atoms with van der Waals surface area (Å²) in [7, 11) is 3.35. The normalized spacial score (nSPS) is 10.1. The van der Waals surface area contributed by atoms with Crippen molar-refractivity contribution >= 4 is 11.7 Å². The number of amides is 1. The van der Waals surface area contributed by atoms with Crippen LogP contribution in [0.15, 0.2) is 24.5 Å². The summed E-state index contributed by atoms with van der Waals surface area (Å²) in [6, 6.07) is 3.37. The Labute approximate surface area is 104 Å². The summed E-state index contributed by atoms with van der Waals surface area (Å²) in [6.45, 7) is 0.603. The molecule has 18 heavy (non-hydrogen) atoms. The highest BCUT2D eigenvalue weighted by atomic mass is 16.2. The predicted octanol–water partition coefficient (Wildman–Crippen LogP) is 0.514. The lowest BCUT2D eigenvalue weighted by Gasteiger charge is -2.09. The average Bonchev–Trinajstić information content (AvgIpc) is 2.89. The minimum Gasteiger partial charge on any atom is -0.364 e. The molecule has 1 amide bonds. The molecule has 0 aliphatic heterocycles. The molecule has 0 unspecified atom stereocenters. The molecule has 2 N–H and O–H groups in total. The van der Waals surface area contributed by atoms with Gasteiger partial charge in [-0.2, -0.15) is 5.10 Å². The molecule has 0 spiro atoms. The molecule has 2 aromatic heterocycles. The van der Waals surface area contributed by atoms with Gasteiger partial charge < -0.3 is 10.2 Å². The van der Waals surface area contributed by atoms with Crippen LogP contribution in [0.5, 0.6) is 0 Å². The quantitative estimate of drug-likeness (QED) is 0.821. The second-order valence-electron chi connectivity index (χ2n) is 3.96. The first-order valence-corrected chi connectivity index (χ1v) is 5.43. The van der Waals surface area contributed by atoms with Crippen molar-refractivity contribution in [3.8, 4) is 0 Å². The third kappa shape index (κ3) is 2.82. The van der Waals surface area contributed by atoms with Crippen molar-refractivity contribution in [2.24, 2.45) is 0 Å². The highest BCUT2D eigenvalue weighted by molar-refractivity contribution is 5.91. The molecular weight excluding hydrogens is 232 g/mol. The fourth-order valence-electron chi connectivity index (χ4n) is 1.34. The molecule has 0 atom stereocenters. The predicted molar refractivity (Wildman–Crippen MR) is 66.0 cm³/mol. The lowest BCUT2D eigenvalue weighted by molar-refractivity contribution is 0.0821. The van der Waals surface area contributed by atoms with Crippen LogP contribution in [-0.4, -0.2) is 45.3 Å². The molecule has 0 saturated heterocycles. The van der Waals surface area contributed by atoms with Crippen molar-refractivity contribution in [3.05, 3.63) is 35.8 Å². The summed E-state index contributed by atoms with van der Waals surface area (Å²) < 4.78 is 0. The van der Waals surface area contributed by atoms with Gasteiger partial charge in [-0.1, -0.05) is 0 Å². The number of aromatic nitrogens is 4. The van der Waals surface area contributed by atoms with Crippen LogP contribution in [0.4, 0.5) is 5.82 Å². The van der Waals surface area contributed by atoms with Gasteiger partial charge in [0.05, 0.1) is 6.20 Å². The molecule has 7 heteroatoms. The first-order chi connectivity index (χ1) is 8.66. The van der Waals surface area contributed by atoms with Crippen molar-refractivity contribution in [1.82, 2.24) is 25.3 Å². The van der Waals surface area contributed by atoms with Crippen molar-refractivity contribution in [2.45, 2.75) is 6.54 Å². The lowest BCUT2D eigenvalue weighted by atomic mass is 10.3. The van der Waals surface area contributed by atoms with Crippen LogP contribution < -0.4 is 5.32 Å². The topological polar surface area (TPSA) is 86.8 Å². The third-order valence-electron chi connectivity index (χ3n) is 2.32. The maximum atomic E-state index is 11.6. The van der Waals surface area contributed by atoms with E-state index in [0.29, 0.717) is 18.1 Å². The van der Waals surface area contributed by atoms with Crippen molar-refractivity contribution < 1.29 is 4.79 Å². The van der Waals surface area contributed by atoms with Gasteiger partial charge in [-0.15, -0.1) is 10.2 Å². The van der Waals surface area contributed by atoms with E-state index >= 15 is 0 Å². The van der Waals surface area contributed by atoms with Crippen molar-refractivity contribution in [3.63, 3.8) is 0 Å². The number of H-pyrrole nitrogens is 1. The summed E-state index contributed by atoms with van der Waals surface area (Å²) in [5, 5.41) is 17.5. The Hall–Kier alpha value is -2.44. The smallest absolute Gasteiger partial charge is 0.273 e. The third-order valence-corrected chi connectivity index (χ3v) is 2.32. The Morgan fingerprint density at radius 1 is 1.39 bits per heavy atom. The van der Waals surface area contributed by atoms with Crippen molar-refractivity contribution in [1.29, 1.82) is 0 Å². The van der Waals surface area contributed by atoms with E-state index in [1.54, 1.807) is 38.6 Å². The Morgan fingerprint density at radius 3 is 2.78 bits per heavy atom. The molecule has 0 bridgehead atoms. The number of aromatic amines is 1. The van der Waals surface area contributed by atoms with Crippen LogP contribution in [0.25, 0.3) is 0 Å². The zero-order valence-corrected chi connectivity index (χ0v) is 10.2. The van der Waals surface area contributed by atoms with Crippen LogP contribution in [0.1, 0.15) is 16.1 Å². The molecule has 2 heterocycles. The Kier molecular flexibility index (Phi) is 3.52. The number of hydrogen-bond donors (Lipinski definition) is 2. The van der Waals surface area contributed by atoms with E-state index in [1.807, 2.05) is 0 Å². The Morgan fingerprint density at radius 2 is 2.22 bits per heavy atom. The lowest BCUT2D eigenvalue weighted by Crippen LogP contribution is -2.23. The molecule has 2 aromatic rings. The SMILES string of the molecule is CN(C)C(=O)c1ccc(NCc2cn[nH]c2)nn1. The summed E-state index contributed by atoms with van der Waals surface area (Å²) in [5.41, 5.74) is 1.35. The van der Waals surface area contributed by atoms with Gasteiger partial charge in [0, 0.05) is 32.4 Å². The summed E-state index contributed by atoms with van der Waals surface area (Å²) in [6.07, 6.45) is 3.52. The molecule has 0 saturated carbocycles. The van der Waals surface area contributed by atoms with E-state index in [1.165, 1.54) is 4.90 Å². The number of hydrogen-bond acceptors (Lipinski definition) is 5. The van der Waals surface area contributed by atoms with Gasteiger partial charge in [-0.3, -0.25) is 9.89 Å². The van der Waals surface area contributed by atoms with Gasteiger partial charge in [0.25, 0.3) is 5.91 Å². The van der Waals surface area contributed by atoms with E-state index in [9.17, 15) is 4.79 Å². The maximum Gasteiger partial charge on any atom is 0.273 e. The molecule has 0 aromatic carbocycles. The largest absolute Gasteiger partial charge is 0.364 e. The first kappa shape index (κ1) is 12.0. The van der Waals surface area contributed by atoms with Gasteiger partial charge in [-0.05, 0) is 12.1 Å². The molecule has 7 nitrogen and oxygen atoms in total. The second kappa shape index (κ2) is 5.26. The fraction of sp³-hybridized carbons (Fsp3) is 0.273. The van der Waals surface area contributed by atoms with Crippen LogP contribution in [0, 0.1) is 0 Å². The number of rotatable bonds is 4. The first-order valence-electron chi connectivity index (χ1n) is 5.43. The highest BCUT2D eigenvalue weighted by Crippen LogP contribution is 2.05. The monoisotopic (exact) mass is 246 g/mol. The van der Waals surface area contributed by atoms with Crippen molar-refractivity contribution in [2.75, 3.05) is 19.4 Å². The standard InChI is InChI=1S/C11H14N6O/c1-17(2)11(18)9-3-4-10(16-15-9)12-5-8-6-13-14-7-8/h3-4,6-7H,5H2,1-2H3,(H,12,16)(H,13,14). The van der Waals surface area contributed by atoms with E-state index in [0.717, 1.165) is 5.56 Å². The Balaban J connectivity index is 1.97. The Bertz CT molecular complexity index is 505. The zero-order chi connectivity index (χ0) is 13.0. The zero-order valence-electron chi connectivity index (χ0n) is 10.2. The maximum absolute atomic E-state index is 11.6. The second-order valence-corrected chi connectivity index (χ2v) is 3.96. The summed E-state index contributed by atoms with van der Waals surface area (Å²) in [4.78, 5) is 13.1. The van der Waals surface area contributed by atoms with Crippen LogP contribution >= 0.6 is 0 Å². The van der Waals surface area contributed by atoms with Gasteiger partial charge in [-0.25, -0.2) is 0 Å². The van der Waals surface area contributed by atoms with Crippen LogP contribution in [0.2, 0.25) is 0 Å². The molecule has 0 aliphatic rings. The molecule has 94 valence electrons. The molecule has 0 aliphatic carbocycles. The van der Waals surface area contributed by atoms with Gasteiger partial charge in [0.2, 0.25) is 0 Å². The minimum absolute atomic E-state index is 0.163. The number of carbonyl (C=O) groups excluding carboxylic acids is 1. The summed E-state index contributed by atoms with van der Waals surface area (Å²) in [5.74, 6) is 0.454. The molecule has 0 fully saturated rings. The molecular formula is C11H14N6O. The average molecular weight is 246 g/mol. The van der Waals surface area contributed by atoms with Crippen LogP contribution in [0.3, 0.4) is 0 Å². The van der Waals surface area contributed by atoms with Gasteiger partial charge >= 0.3 is 0 Å². The van der Waals surface area contributed by atoms with Gasteiger partial charge in [0.15, 0.2) is 5.69 Å². The van der Waals surface area contributed by atoms with Crippen LogP contribution in [-0.2, 0) is 6.54 Å². The summed E-state index contributed by atoms with van der Waals surface area (Å²) >= 11 is 0. The fourth-order valence-corrected chi connectivity index (χ4v) is 1.34. The highest BCUT2D eigenvalue weighted by Gasteiger charge is 2.09. The molecule has 0 radical (unpaired) electrons. The van der Waals surface area contributed by atoms with E-state index in [4.69, 9.17) is 0 Å². The van der Waals surface area contributed by atoms with E-state index in [-0.39, 0.29) is 5.91 Å².